The van der Waals surface area contributed by atoms with Crippen molar-refractivity contribution in [3.05, 3.63) is 52.1 Å². The van der Waals surface area contributed by atoms with Gasteiger partial charge in [-0.15, -0.1) is 0 Å². The summed E-state index contributed by atoms with van der Waals surface area (Å²) in [7, 11) is 1.69. The number of aliphatic hydroxyl groups is 1. The quantitative estimate of drug-likeness (QED) is 0.800. The molecule has 1 fully saturated rings. The Kier molecular flexibility index (Phi) is 5.08. The van der Waals surface area contributed by atoms with Crippen LogP contribution in [0.1, 0.15) is 34.5 Å². The zero-order chi connectivity index (χ0) is 20.8. The maximum absolute atomic E-state index is 13.3. The van der Waals surface area contributed by atoms with Gasteiger partial charge in [-0.05, 0) is 30.5 Å². The van der Waals surface area contributed by atoms with Crippen LogP contribution in [0, 0.1) is 5.82 Å². The zero-order valence-electron chi connectivity index (χ0n) is 16.1. The molecular weight excluding hydrogens is 399 g/mol. The third-order valence-electron chi connectivity index (χ3n) is 5.93. The van der Waals surface area contributed by atoms with Crippen molar-refractivity contribution in [3.63, 3.8) is 0 Å². The van der Waals surface area contributed by atoms with Crippen LogP contribution >= 0.6 is 11.6 Å². The Hall–Kier alpha value is -2.45. The van der Waals surface area contributed by atoms with E-state index in [0.717, 1.165) is 12.8 Å². The summed E-state index contributed by atoms with van der Waals surface area (Å²) in [6.45, 7) is 1.18. The molecule has 0 atom stereocenters. The van der Waals surface area contributed by atoms with Gasteiger partial charge >= 0.3 is 0 Å². The summed E-state index contributed by atoms with van der Waals surface area (Å²) in [4.78, 5) is 29.0. The first-order chi connectivity index (χ1) is 13.8. The minimum absolute atomic E-state index is 0.0131. The van der Waals surface area contributed by atoms with Crippen LogP contribution in [0.4, 0.5) is 4.39 Å². The lowest BCUT2D eigenvalue weighted by Crippen LogP contribution is -2.43. The van der Waals surface area contributed by atoms with Crippen LogP contribution in [0.2, 0.25) is 5.02 Å². The lowest BCUT2D eigenvalue weighted by atomic mass is 10.1. The molecule has 1 saturated carbocycles. The Labute approximate surface area is 172 Å². The summed E-state index contributed by atoms with van der Waals surface area (Å²) < 4.78 is 15.1. The number of rotatable bonds is 5. The molecule has 154 valence electrons. The summed E-state index contributed by atoms with van der Waals surface area (Å²) in [5.74, 6) is -0.841. The summed E-state index contributed by atoms with van der Waals surface area (Å²) in [6, 6.07) is 4.25. The Morgan fingerprint density at radius 1 is 1.34 bits per heavy atom. The number of likely N-dealkylation sites (N-methyl/N-ethyl adjacent to an activating group) is 1. The molecule has 2 heterocycles. The third kappa shape index (κ3) is 3.62. The first-order valence-corrected chi connectivity index (χ1v) is 9.88. The predicted molar refractivity (Wildman–Crippen MR) is 104 cm³/mol. The average Bonchev–Trinajstić information content (AvgIpc) is 3.41. The van der Waals surface area contributed by atoms with Gasteiger partial charge in [0.25, 0.3) is 5.91 Å². The van der Waals surface area contributed by atoms with Gasteiger partial charge in [0, 0.05) is 13.6 Å². The molecule has 0 bridgehead atoms. The van der Waals surface area contributed by atoms with Crippen molar-refractivity contribution in [3.8, 4) is 0 Å². The molecule has 0 spiro atoms. The first kappa shape index (κ1) is 19.8. The van der Waals surface area contributed by atoms with Crippen molar-refractivity contribution in [2.24, 2.45) is 0 Å². The number of fused-ring (bicyclic) bond motifs is 1. The smallest absolute Gasteiger partial charge is 0.257 e. The minimum atomic E-state index is -0.520. The number of nitrogens with zero attached hydrogens (tertiary/aromatic N) is 4. The summed E-state index contributed by atoms with van der Waals surface area (Å²) in [5.41, 5.74) is 1.30. The van der Waals surface area contributed by atoms with Gasteiger partial charge in [-0.1, -0.05) is 17.7 Å². The molecular formula is C20H22ClFN4O3. The fraction of sp³-hybridized carbons (Fsp3) is 0.450. The van der Waals surface area contributed by atoms with Gasteiger partial charge in [0.05, 0.1) is 54.1 Å². The van der Waals surface area contributed by atoms with Crippen molar-refractivity contribution < 1.29 is 19.1 Å². The number of carbonyl (C=O) groups excluding carboxylic acids is 2. The molecule has 4 rings (SSSR count). The molecule has 1 N–H and O–H groups in total. The van der Waals surface area contributed by atoms with Crippen molar-refractivity contribution in [2.45, 2.75) is 37.9 Å². The Balaban J connectivity index is 1.49. The summed E-state index contributed by atoms with van der Waals surface area (Å²) >= 11 is 5.80. The van der Waals surface area contributed by atoms with Crippen LogP contribution in [0.5, 0.6) is 0 Å². The van der Waals surface area contributed by atoms with Crippen molar-refractivity contribution in [1.29, 1.82) is 0 Å². The number of aromatic nitrogens is 2. The van der Waals surface area contributed by atoms with Gasteiger partial charge in [-0.25, -0.2) is 4.39 Å². The van der Waals surface area contributed by atoms with Gasteiger partial charge in [0.1, 0.15) is 5.82 Å². The van der Waals surface area contributed by atoms with E-state index in [9.17, 15) is 19.1 Å². The third-order valence-corrected chi connectivity index (χ3v) is 6.22. The van der Waals surface area contributed by atoms with Crippen LogP contribution in [-0.2, 0) is 24.3 Å². The Morgan fingerprint density at radius 2 is 2.10 bits per heavy atom. The molecule has 29 heavy (non-hydrogen) atoms. The second-order valence-electron chi connectivity index (χ2n) is 7.72. The van der Waals surface area contributed by atoms with Crippen LogP contribution in [0.15, 0.2) is 24.4 Å². The van der Waals surface area contributed by atoms with Crippen LogP contribution < -0.4 is 0 Å². The maximum atomic E-state index is 13.3. The van der Waals surface area contributed by atoms with Gasteiger partial charge in [0.15, 0.2) is 0 Å². The SMILES string of the molecule is CN(C(=O)c1cnn2c1CN(C(=O)Cc1ccc(F)c(Cl)c1)CC2)C1(CO)CC1. The normalized spacial score (nSPS) is 17.0. The van der Waals surface area contributed by atoms with Crippen molar-refractivity contribution in [2.75, 3.05) is 20.2 Å². The molecule has 9 heteroatoms. The zero-order valence-corrected chi connectivity index (χ0v) is 16.8. The number of aliphatic hydroxyl groups excluding tert-OH is 1. The lowest BCUT2D eigenvalue weighted by molar-refractivity contribution is -0.132. The number of carbonyl (C=O) groups is 2. The molecule has 2 aliphatic rings. The molecule has 7 nitrogen and oxygen atoms in total. The van der Waals surface area contributed by atoms with Crippen LogP contribution in [0.25, 0.3) is 0 Å². The molecule has 1 aromatic carbocycles. The number of benzene rings is 1. The summed E-state index contributed by atoms with van der Waals surface area (Å²) in [6.07, 6.45) is 3.19. The van der Waals surface area contributed by atoms with E-state index in [-0.39, 0.29) is 36.4 Å². The highest BCUT2D eigenvalue weighted by Crippen LogP contribution is 2.41. The maximum Gasteiger partial charge on any atom is 0.257 e. The topological polar surface area (TPSA) is 78.7 Å². The standard InChI is InChI=1S/C20H22ClFN4O3/c1-24(20(12-27)4-5-20)19(29)14-10-23-26-7-6-25(11-17(14)26)18(28)9-13-2-3-16(22)15(21)8-13/h2-3,8,10,27H,4-7,9,11-12H2,1H3. The molecule has 0 radical (unpaired) electrons. The highest BCUT2D eigenvalue weighted by molar-refractivity contribution is 6.30. The fourth-order valence-corrected chi connectivity index (χ4v) is 3.92. The van der Waals surface area contributed by atoms with Gasteiger partial charge in [0.2, 0.25) is 5.91 Å². The monoisotopic (exact) mass is 420 g/mol. The highest BCUT2D eigenvalue weighted by Gasteiger charge is 2.48. The van der Waals surface area contributed by atoms with E-state index in [2.05, 4.69) is 5.10 Å². The second kappa shape index (κ2) is 7.42. The Morgan fingerprint density at radius 3 is 2.76 bits per heavy atom. The van der Waals surface area contributed by atoms with E-state index in [0.29, 0.717) is 29.9 Å². The lowest BCUT2D eigenvalue weighted by Gasteiger charge is -2.30. The molecule has 1 aliphatic heterocycles. The molecule has 2 amide bonds. The van der Waals surface area contributed by atoms with Crippen molar-refractivity contribution in [1.82, 2.24) is 19.6 Å². The number of halogens is 2. The molecule has 2 aromatic rings. The predicted octanol–water partition coefficient (Wildman–Crippen LogP) is 1.86. The number of hydrogen-bond acceptors (Lipinski definition) is 4. The first-order valence-electron chi connectivity index (χ1n) is 9.50. The van der Waals surface area contributed by atoms with E-state index in [1.807, 2.05) is 0 Å². The van der Waals surface area contributed by atoms with Gasteiger partial charge in [-0.3, -0.25) is 14.3 Å². The minimum Gasteiger partial charge on any atom is -0.394 e. The number of hydrogen-bond donors (Lipinski definition) is 1. The van der Waals surface area contributed by atoms with E-state index in [1.165, 1.54) is 18.3 Å². The van der Waals surface area contributed by atoms with E-state index in [1.54, 1.807) is 27.6 Å². The van der Waals surface area contributed by atoms with E-state index < -0.39 is 11.4 Å². The van der Waals surface area contributed by atoms with Gasteiger partial charge < -0.3 is 14.9 Å². The second-order valence-corrected chi connectivity index (χ2v) is 8.12. The van der Waals surface area contributed by atoms with E-state index in [4.69, 9.17) is 11.6 Å². The number of amides is 2. The van der Waals surface area contributed by atoms with E-state index >= 15 is 0 Å². The fourth-order valence-electron chi connectivity index (χ4n) is 3.71. The van der Waals surface area contributed by atoms with Crippen LogP contribution in [0.3, 0.4) is 0 Å². The van der Waals surface area contributed by atoms with Crippen LogP contribution in [-0.4, -0.2) is 62.2 Å². The molecule has 1 aliphatic carbocycles. The highest BCUT2D eigenvalue weighted by atomic mass is 35.5. The molecule has 0 unspecified atom stereocenters. The average molecular weight is 421 g/mol. The summed E-state index contributed by atoms with van der Waals surface area (Å²) in [5, 5.41) is 13.9. The largest absolute Gasteiger partial charge is 0.394 e. The molecule has 1 aromatic heterocycles. The Bertz CT molecular complexity index is 973. The van der Waals surface area contributed by atoms with Gasteiger partial charge in [-0.2, -0.15) is 5.10 Å². The molecule has 0 saturated heterocycles. The van der Waals surface area contributed by atoms with Crippen molar-refractivity contribution >= 4 is 23.4 Å².